The Morgan fingerprint density at radius 3 is 2.65 bits per heavy atom. The predicted molar refractivity (Wildman–Crippen MR) is 65.5 cm³/mol. The van der Waals surface area contributed by atoms with E-state index in [9.17, 15) is 9.59 Å². The van der Waals surface area contributed by atoms with E-state index >= 15 is 0 Å². The molecule has 0 saturated heterocycles. The highest BCUT2D eigenvalue weighted by Crippen LogP contribution is 2.02. The molecule has 1 rings (SSSR count). The third-order valence-corrected chi connectivity index (χ3v) is 2.10. The zero-order valence-electron chi connectivity index (χ0n) is 10.1. The summed E-state index contributed by atoms with van der Waals surface area (Å²) >= 11 is 0. The van der Waals surface area contributed by atoms with Gasteiger partial charge in [0.15, 0.2) is 0 Å². The predicted octanol–water partition coefficient (Wildman–Crippen LogP) is 1.24. The third-order valence-electron chi connectivity index (χ3n) is 2.10. The number of aryl methyl sites for hydroxylation is 1. The summed E-state index contributed by atoms with van der Waals surface area (Å²) < 4.78 is 0. The average Bonchev–Trinajstić information content (AvgIpc) is 2.30. The van der Waals surface area contributed by atoms with Crippen LogP contribution in [0.5, 0.6) is 0 Å². The zero-order valence-corrected chi connectivity index (χ0v) is 10.1. The molecule has 5 heteroatoms. The fourth-order valence-electron chi connectivity index (χ4n) is 1.22. The molecule has 0 aromatic carbocycles. The van der Waals surface area contributed by atoms with Crippen molar-refractivity contribution in [3.8, 4) is 0 Å². The normalized spacial score (nSPS) is 9.76. The number of nitrogens with one attached hydrogen (secondary N) is 2. The lowest BCUT2D eigenvalue weighted by Crippen LogP contribution is -2.32. The van der Waals surface area contributed by atoms with Crippen LogP contribution in [0, 0.1) is 6.92 Å². The van der Waals surface area contributed by atoms with Gasteiger partial charge in [0, 0.05) is 12.6 Å². The number of anilines is 1. The first kappa shape index (κ1) is 13.2. The van der Waals surface area contributed by atoms with Crippen LogP contribution in [0.2, 0.25) is 0 Å². The van der Waals surface area contributed by atoms with Gasteiger partial charge in [-0.2, -0.15) is 0 Å². The Bertz CT molecular complexity index is 387. The van der Waals surface area contributed by atoms with Crippen LogP contribution in [-0.4, -0.2) is 23.3 Å². The summed E-state index contributed by atoms with van der Waals surface area (Å²) in [4.78, 5) is 26.6. The zero-order chi connectivity index (χ0) is 12.7. The van der Waals surface area contributed by atoms with Crippen molar-refractivity contribution in [2.24, 2.45) is 0 Å². The van der Waals surface area contributed by atoms with Crippen LogP contribution >= 0.6 is 0 Å². The largest absolute Gasteiger partial charge is 0.347 e. The number of hydrogen-bond donors (Lipinski definition) is 2. The molecule has 0 fully saturated rings. The molecule has 92 valence electrons. The average molecular weight is 235 g/mol. The van der Waals surface area contributed by atoms with Crippen molar-refractivity contribution in [2.75, 3.05) is 11.9 Å². The molecule has 2 N–H and O–H groups in total. The minimum Gasteiger partial charge on any atom is -0.347 e. The van der Waals surface area contributed by atoms with E-state index in [-0.39, 0.29) is 18.4 Å². The van der Waals surface area contributed by atoms with Gasteiger partial charge < -0.3 is 10.6 Å². The molecule has 5 nitrogen and oxygen atoms in total. The van der Waals surface area contributed by atoms with Crippen molar-refractivity contribution in [2.45, 2.75) is 26.7 Å². The minimum absolute atomic E-state index is 0.0195. The van der Waals surface area contributed by atoms with Gasteiger partial charge in [0.05, 0.1) is 6.54 Å². The number of rotatable bonds is 5. The second-order valence-corrected chi connectivity index (χ2v) is 3.80. The Morgan fingerprint density at radius 1 is 1.29 bits per heavy atom. The van der Waals surface area contributed by atoms with Gasteiger partial charge in [-0.3, -0.25) is 9.59 Å². The van der Waals surface area contributed by atoms with Gasteiger partial charge in [-0.15, -0.1) is 0 Å². The highest BCUT2D eigenvalue weighted by atomic mass is 16.2. The summed E-state index contributed by atoms with van der Waals surface area (Å²) in [6.07, 6.45) is 2.88. The number of amides is 2. The van der Waals surface area contributed by atoms with Gasteiger partial charge in [-0.1, -0.05) is 13.0 Å². The van der Waals surface area contributed by atoms with Crippen molar-refractivity contribution in [3.05, 3.63) is 23.9 Å². The van der Waals surface area contributed by atoms with Crippen LogP contribution in [-0.2, 0) is 9.59 Å². The quantitative estimate of drug-likeness (QED) is 0.806. The molecule has 1 aromatic rings. The molecule has 0 bridgehead atoms. The van der Waals surface area contributed by atoms with E-state index in [1.54, 1.807) is 12.3 Å². The number of pyridine rings is 1. The molecule has 0 saturated carbocycles. The molecule has 2 amide bonds. The summed E-state index contributed by atoms with van der Waals surface area (Å²) in [7, 11) is 0. The Morgan fingerprint density at radius 2 is 2.06 bits per heavy atom. The number of carbonyl (C=O) groups excluding carboxylic acids is 2. The first-order chi connectivity index (χ1) is 8.11. The maximum Gasteiger partial charge on any atom is 0.244 e. The number of hydrogen-bond acceptors (Lipinski definition) is 3. The van der Waals surface area contributed by atoms with Gasteiger partial charge in [-0.05, 0) is 25.0 Å². The van der Waals surface area contributed by atoms with Gasteiger partial charge in [0.25, 0.3) is 0 Å². The van der Waals surface area contributed by atoms with Crippen LogP contribution < -0.4 is 10.6 Å². The van der Waals surface area contributed by atoms with Crippen molar-refractivity contribution in [1.82, 2.24) is 10.3 Å². The van der Waals surface area contributed by atoms with Crippen molar-refractivity contribution in [3.63, 3.8) is 0 Å². The van der Waals surface area contributed by atoms with E-state index < -0.39 is 0 Å². The molecule has 17 heavy (non-hydrogen) atoms. The van der Waals surface area contributed by atoms with E-state index in [2.05, 4.69) is 15.6 Å². The molecule has 0 aliphatic rings. The second-order valence-electron chi connectivity index (χ2n) is 3.80. The number of nitrogens with zero attached hydrogens (tertiary/aromatic N) is 1. The van der Waals surface area contributed by atoms with E-state index in [0.29, 0.717) is 12.2 Å². The Kier molecular flexibility index (Phi) is 5.13. The smallest absolute Gasteiger partial charge is 0.244 e. The van der Waals surface area contributed by atoms with Crippen molar-refractivity contribution < 1.29 is 9.59 Å². The molecule has 0 atom stereocenters. The fourth-order valence-corrected chi connectivity index (χ4v) is 1.22. The topological polar surface area (TPSA) is 71.1 Å². The lowest BCUT2D eigenvalue weighted by atomic mass is 10.3. The highest BCUT2D eigenvalue weighted by molar-refractivity contribution is 5.93. The van der Waals surface area contributed by atoms with E-state index in [1.165, 1.54) is 0 Å². The first-order valence-electron chi connectivity index (χ1n) is 5.61. The SMILES string of the molecule is CCCC(=O)NCC(=O)Nc1ccc(C)cn1. The lowest BCUT2D eigenvalue weighted by Gasteiger charge is -2.05. The molecule has 0 spiro atoms. The summed E-state index contributed by atoms with van der Waals surface area (Å²) in [5.74, 6) is 0.107. The minimum atomic E-state index is -0.272. The molecule has 1 aromatic heterocycles. The molecular weight excluding hydrogens is 218 g/mol. The van der Waals surface area contributed by atoms with Gasteiger partial charge in [0.1, 0.15) is 5.82 Å². The first-order valence-corrected chi connectivity index (χ1v) is 5.61. The van der Waals surface area contributed by atoms with Crippen molar-refractivity contribution in [1.29, 1.82) is 0 Å². The van der Waals surface area contributed by atoms with E-state index in [4.69, 9.17) is 0 Å². The van der Waals surface area contributed by atoms with Crippen molar-refractivity contribution >= 4 is 17.6 Å². The monoisotopic (exact) mass is 235 g/mol. The van der Waals surface area contributed by atoms with Crippen LogP contribution in [0.25, 0.3) is 0 Å². The summed E-state index contributed by atoms with van der Waals surface area (Å²) in [5, 5.41) is 5.14. The highest BCUT2D eigenvalue weighted by Gasteiger charge is 2.05. The maximum absolute atomic E-state index is 11.4. The summed E-state index contributed by atoms with van der Waals surface area (Å²) in [5.41, 5.74) is 1.03. The Labute approximate surface area is 101 Å². The van der Waals surface area contributed by atoms with Crippen LogP contribution in [0.4, 0.5) is 5.82 Å². The molecule has 0 aliphatic heterocycles. The second kappa shape index (κ2) is 6.62. The number of carbonyl (C=O) groups is 2. The third kappa shape index (κ3) is 5.10. The molecule has 1 heterocycles. The van der Waals surface area contributed by atoms with E-state index in [1.807, 2.05) is 19.9 Å². The maximum atomic E-state index is 11.4. The molecular formula is C12H17N3O2. The molecule has 0 radical (unpaired) electrons. The Hall–Kier alpha value is -1.91. The van der Waals surface area contributed by atoms with Gasteiger partial charge >= 0.3 is 0 Å². The van der Waals surface area contributed by atoms with Crippen LogP contribution in [0.3, 0.4) is 0 Å². The summed E-state index contributed by atoms with van der Waals surface area (Å²) in [6, 6.07) is 3.58. The number of aromatic nitrogens is 1. The summed E-state index contributed by atoms with van der Waals surface area (Å²) in [6.45, 7) is 3.81. The van der Waals surface area contributed by atoms with Crippen LogP contribution in [0.1, 0.15) is 25.3 Å². The molecule has 0 aliphatic carbocycles. The van der Waals surface area contributed by atoms with Gasteiger partial charge in [0.2, 0.25) is 11.8 Å². The lowest BCUT2D eigenvalue weighted by molar-refractivity contribution is -0.124. The van der Waals surface area contributed by atoms with Crippen LogP contribution in [0.15, 0.2) is 18.3 Å². The standard InChI is InChI=1S/C12H17N3O2/c1-3-4-11(16)14-8-12(17)15-10-6-5-9(2)7-13-10/h5-7H,3-4,8H2,1-2H3,(H,14,16)(H,13,15,17). The molecule has 0 unspecified atom stereocenters. The van der Waals surface area contributed by atoms with Gasteiger partial charge in [-0.25, -0.2) is 4.98 Å². The Balaban J connectivity index is 2.34. The van der Waals surface area contributed by atoms with E-state index in [0.717, 1.165) is 12.0 Å². The fraction of sp³-hybridized carbons (Fsp3) is 0.417.